The molecule has 0 N–H and O–H groups in total. The van der Waals surface area contributed by atoms with E-state index < -0.39 is 0 Å². The Hall–Kier alpha value is -0.630. The fraction of sp³-hybridized carbons (Fsp3) is 0.727. The molecule has 0 saturated carbocycles. The van der Waals surface area contributed by atoms with E-state index in [0.29, 0.717) is 24.0 Å². The SMILES string of the molecule is CC(C)C1CC2C=NC=CC(C2)O1. The Balaban J connectivity index is 2.08. The molecule has 0 aliphatic carbocycles. The summed E-state index contributed by atoms with van der Waals surface area (Å²) in [5.74, 6) is 1.24. The summed E-state index contributed by atoms with van der Waals surface area (Å²) in [6, 6.07) is 0. The lowest BCUT2D eigenvalue weighted by Crippen LogP contribution is -2.34. The van der Waals surface area contributed by atoms with Gasteiger partial charge in [0, 0.05) is 12.4 Å². The molecule has 1 saturated heterocycles. The Morgan fingerprint density at radius 2 is 2.23 bits per heavy atom. The van der Waals surface area contributed by atoms with Crippen molar-refractivity contribution in [2.75, 3.05) is 0 Å². The zero-order chi connectivity index (χ0) is 9.26. The molecule has 2 aliphatic heterocycles. The summed E-state index contributed by atoms with van der Waals surface area (Å²) >= 11 is 0. The maximum atomic E-state index is 5.93. The van der Waals surface area contributed by atoms with Crippen LogP contribution in [0.5, 0.6) is 0 Å². The van der Waals surface area contributed by atoms with Crippen molar-refractivity contribution in [3.63, 3.8) is 0 Å². The van der Waals surface area contributed by atoms with Gasteiger partial charge in [-0.25, -0.2) is 0 Å². The molecule has 2 nitrogen and oxygen atoms in total. The number of fused-ring (bicyclic) bond motifs is 2. The van der Waals surface area contributed by atoms with Crippen molar-refractivity contribution in [1.29, 1.82) is 0 Å². The predicted molar refractivity (Wildman–Crippen MR) is 53.9 cm³/mol. The van der Waals surface area contributed by atoms with E-state index in [2.05, 4.69) is 31.1 Å². The Kier molecular flexibility index (Phi) is 2.49. The van der Waals surface area contributed by atoms with Crippen LogP contribution in [0.4, 0.5) is 0 Å². The van der Waals surface area contributed by atoms with Gasteiger partial charge in [0.25, 0.3) is 0 Å². The highest BCUT2D eigenvalue weighted by Crippen LogP contribution is 2.29. The number of hydrogen-bond acceptors (Lipinski definition) is 2. The predicted octanol–water partition coefficient (Wildman–Crippen LogP) is 2.40. The van der Waals surface area contributed by atoms with Crippen molar-refractivity contribution in [2.45, 2.75) is 38.9 Å². The van der Waals surface area contributed by atoms with E-state index in [0.717, 1.165) is 12.8 Å². The van der Waals surface area contributed by atoms with Gasteiger partial charge in [-0.1, -0.05) is 13.8 Å². The number of ether oxygens (including phenoxy) is 1. The highest BCUT2D eigenvalue weighted by atomic mass is 16.5. The van der Waals surface area contributed by atoms with Crippen LogP contribution in [0.1, 0.15) is 26.7 Å². The van der Waals surface area contributed by atoms with Gasteiger partial charge in [-0.15, -0.1) is 0 Å². The molecule has 0 aromatic carbocycles. The maximum Gasteiger partial charge on any atom is 0.0783 e. The highest BCUT2D eigenvalue weighted by molar-refractivity contribution is 5.62. The molecule has 1 fully saturated rings. The van der Waals surface area contributed by atoms with E-state index in [-0.39, 0.29) is 0 Å². The Bertz CT molecular complexity index is 212. The minimum absolute atomic E-state index is 0.300. The average molecular weight is 179 g/mol. The summed E-state index contributed by atoms with van der Waals surface area (Å²) in [5, 5.41) is 0. The average Bonchev–Trinajstić information content (AvgIpc) is 2.26. The molecule has 0 aromatic rings. The lowest BCUT2D eigenvalue weighted by atomic mass is 9.88. The first-order valence-electron chi connectivity index (χ1n) is 5.11. The largest absolute Gasteiger partial charge is 0.371 e. The van der Waals surface area contributed by atoms with Crippen LogP contribution >= 0.6 is 0 Å². The molecule has 3 unspecified atom stereocenters. The number of hydrogen-bond donors (Lipinski definition) is 0. The van der Waals surface area contributed by atoms with E-state index in [9.17, 15) is 0 Å². The lowest BCUT2D eigenvalue weighted by molar-refractivity contribution is -0.0575. The van der Waals surface area contributed by atoms with E-state index in [1.807, 2.05) is 6.20 Å². The molecule has 2 heterocycles. The molecule has 2 bridgehead atoms. The van der Waals surface area contributed by atoms with E-state index in [4.69, 9.17) is 4.74 Å². The second kappa shape index (κ2) is 3.62. The molecule has 72 valence electrons. The topological polar surface area (TPSA) is 21.6 Å². The summed E-state index contributed by atoms with van der Waals surface area (Å²) < 4.78 is 5.93. The van der Waals surface area contributed by atoms with E-state index >= 15 is 0 Å². The summed E-state index contributed by atoms with van der Waals surface area (Å²) in [6.07, 6.45) is 8.99. The maximum absolute atomic E-state index is 5.93. The number of aliphatic imine (C=N–C) groups is 1. The van der Waals surface area contributed by atoms with Crippen LogP contribution in [0.3, 0.4) is 0 Å². The zero-order valence-corrected chi connectivity index (χ0v) is 8.31. The Morgan fingerprint density at radius 1 is 1.38 bits per heavy atom. The van der Waals surface area contributed by atoms with Crippen LogP contribution < -0.4 is 0 Å². The van der Waals surface area contributed by atoms with Crippen molar-refractivity contribution >= 4 is 6.21 Å². The van der Waals surface area contributed by atoms with Gasteiger partial charge in [0.15, 0.2) is 0 Å². The quantitative estimate of drug-likeness (QED) is 0.605. The third-order valence-electron chi connectivity index (χ3n) is 2.85. The summed E-state index contributed by atoms with van der Waals surface area (Å²) in [5.41, 5.74) is 0. The molecule has 0 amide bonds. The van der Waals surface area contributed by atoms with Crippen LogP contribution in [-0.2, 0) is 4.74 Å². The standard InChI is InChI=1S/C11H17NO/c1-8(2)11-6-9-5-10(13-11)3-4-12-7-9/h3-4,7-11H,5-6H2,1-2H3. The van der Waals surface area contributed by atoms with Gasteiger partial charge >= 0.3 is 0 Å². The molecular weight excluding hydrogens is 162 g/mol. The Morgan fingerprint density at radius 3 is 3.00 bits per heavy atom. The molecule has 2 heteroatoms. The first-order valence-corrected chi connectivity index (χ1v) is 5.11. The normalized spacial score (nSPS) is 37.9. The van der Waals surface area contributed by atoms with Gasteiger partial charge < -0.3 is 4.74 Å². The van der Waals surface area contributed by atoms with Crippen molar-refractivity contribution in [1.82, 2.24) is 0 Å². The molecule has 2 aliphatic rings. The fourth-order valence-electron chi connectivity index (χ4n) is 2.02. The number of nitrogens with zero attached hydrogens (tertiary/aromatic N) is 1. The van der Waals surface area contributed by atoms with Crippen LogP contribution in [0.15, 0.2) is 17.3 Å². The monoisotopic (exact) mass is 179 g/mol. The van der Waals surface area contributed by atoms with Gasteiger partial charge in [-0.3, -0.25) is 4.99 Å². The lowest BCUT2D eigenvalue weighted by Gasteiger charge is -2.34. The minimum Gasteiger partial charge on any atom is -0.371 e. The van der Waals surface area contributed by atoms with Gasteiger partial charge in [-0.2, -0.15) is 0 Å². The number of rotatable bonds is 1. The third kappa shape index (κ3) is 1.99. The van der Waals surface area contributed by atoms with Crippen LogP contribution in [0, 0.1) is 11.8 Å². The van der Waals surface area contributed by atoms with Crippen molar-refractivity contribution in [2.24, 2.45) is 16.8 Å². The van der Waals surface area contributed by atoms with Gasteiger partial charge in [0.1, 0.15) is 0 Å². The summed E-state index contributed by atoms with van der Waals surface area (Å²) in [7, 11) is 0. The smallest absolute Gasteiger partial charge is 0.0783 e. The Labute approximate surface area is 79.7 Å². The van der Waals surface area contributed by atoms with E-state index in [1.165, 1.54) is 0 Å². The molecule has 2 rings (SSSR count). The first-order chi connectivity index (χ1) is 6.25. The summed E-state index contributed by atoms with van der Waals surface area (Å²) in [4.78, 5) is 4.22. The van der Waals surface area contributed by atoms with Gasteiger partial charge in [0.2, 0.25) is 0 Å². The van der Waals surface area contributed by atoms with Crippen LogP contribution in [-0.4, -0.2) is 18.4 Å². The third-order valence-corrected chi connectivity index (χ3v) is 2.85. The highest BCUT2D eigenvalue weighted by Gasteiger charge is 2.29. The zero-order valence-electron chi connectivity index (χ0n) is 8.31. The first kappa shape index (κ1) is 8.95. The van der Waals surface area contributed by atoms with Crippen LogP contribution in [0.25, 0.3) is 0 Å². The van der Waals surface area contributed by atoms with Crippen molar-refractivity contribution < 1.29 is 4.74 Å². The minimum atomic E-state index is 0.300. The second-order valence-electron chi connectivity index (χ2n) is 4.33. The summed E-state index contributed by atoms with van der Waals surface area (Å²) in [6.45, 7) is 4.45. The molecule has 0 aromatic heterocycles. The molecule has 13 heavy (non-hydrogen) atoms. The molecule has 0 spiro atoms. The molecule has 0 radical (unpaired) electrons. The van der Waals surface area contributed by atoms with Crippen molar-refractivity contribution in [3.8, 4) is 0 Å². The van der Waals surface area contributed by atoms with Gasteiger partial charge in [0.05, 0.1) is 12.2 Å². The molecular formula is C11H17NO. The second-order valence-corrected chi connectivity index (χ2v) is 4.33. The fourth-order valence-corrected chi connectivity index (χ4v) is 2.02. The van der Waals surface area contributed by atoms with Crippen molar-refractivity contribution in [3.05, 3.63) is 12.3 Å². The van der Waals surface area contributed by atoms with Crippen LogP contribution in [0.2, 0.25) is 0 Å². The van der Waals surface area contributed by atoms with E-state index in [1.54, 1.807) is 0 Å². The van der Waals surface area contributed by atoms with Gasteiger partial charge in [-0.05, 0) is 30.8 Å². The molecule has 3 atom stereocenters.